The van der Waals surface area contributed by atoms with Crippen molar-refractivity contribution in [2.75, 3.05) is 43.9 Å². The first-order valence-corrected chi connectivity index (χ1v) is 15.3. The van der Waals surface area contributed by atoms with Crippen molar-refractivity contribution in [1.82, 2.24) is 20.0 Å². The zero-order valence-corrected chi connectivity index (χ0v) is 25.2. The molecule has 0 aromatic heterocycles. The Morgan fingerprint density at radius 3 is 2.64 bits per heavy atom. The quantitative estimate of drug-likeness (QED) is 0.379. The molecule has 2 amide bonds. The van der Waals surface area contributed by atoms with Gasteiger partial charge in [0.05, 0.1) is 17.6 Å². The van der Waals surface area contributed by atoms with Crippen LogP contribution in [0.15, 0.2) is 52.9 Å². The van der Waals surface area contributed by atoms with Crippen LogP contribution in [-0.4, -0.2) is 78.6 Å². The first-order valence-electron chi connectivity index (χ1n) is 15.3. The number of aliphatic imine (C=N–C) groups is 1. The van der Waals surface area contributed by atoms with E-state index >= 15 is 0 Å². The van der Waals surface area contributed by atoms with Crippen molar-refractivity contribution >= 4 is 29.3 Å². The molecule has 0 radical (unpaired) electrons. The Morgan fingerprint density at radius 1 is 1.13 bits per heavy atom. The number of hydrogen-bond acceptors (Lipinski definition) is 8. The maximum absolute atomic E-state index is 14.1. The maximum Gasteiger partial charge on any atom is 0.416 e. The number of anilines is 2. The summed E-state index contributed by atoms with van der Waals surface area (Å²) in [5.41, 5.74) is 10.1. The van der Waals surface area contributed by atoms with E-state index in [2.05, 4.69) is 36.9 Å². The molecule has 2 fully saturated rings. The van der Waals surface area contributed by atoms with Gasteiger partial charge >= 0.3 is 12.2 Å². The predicted molar refractivity (Wildman–Crippen MR) is 167 cm³/mol. The molecule has 2 aromatic carbocycles. The molecule has 45 heavy (non-hydrogen) atoms. The lowest BCUT2D eigenvalue weighted by Gasteiger charge is -2.33. The first-order chi connectivity index (χ1) is 21.5. The molecule has 0 spiro atoms. The van der Waals surface area contributed by atoms with Gasteiger partial charge in [-0.05, 0) is 56.1 Å². The summed E-state index contributed by atoms with van der Waals surface area (Å²) in [5.74, 6) is 1.10. The van der Waals surface area contributed by atoms with Crippen LogP contribution in [0.1, 0.15) is 42.0 Å². The summed E-state index contributed by atoms with van der Waals surface area (Å²) >= 11 is 0. The number of halogens is 3. The van der Waals surface area contributed by atoms with E-state index in [-0.39, 0.29) is 30.1 Å². The molecule has 4 heterocycles. The van der Waals surface area contributed by atoms with Gasteiger partial charge in [0.15, 0.2) is 6.17 Å². The van der Waals surface area contributed by atoms with Crippen molar-refractivity contribution in [2.24, 2.45) is 10.7 Å². The van der Waals surface area contributed by atoms with E-state index in [0.29, 0.717) is 42.8 Å². The molecule has 10 nitrogen and oxygen atoms in total. The van der Waals surface area contributed by atoms with Crippen LogP contribution < -0.4 is 26.4 Å². The van der Waals surface area contributed by atoms with Crippen LogP contribution in [0.5, 0.6) is 5.75 Å². The van der Waals surface area contributed by atoms with Crippen LogP contribution in [0.25, 0.3) is 5.57 Å². The molecule has 5 N–H and O–H groups in total. The minimum absolute atomic E-state index is 0.0552. The number of likely N-dealkylation sites (N-methyl/N-ethyl adjacent to an activating group) is 1. The van der Waals surface area contributed by atoms with E-state index in [1.54, 1.807) is 12.4 Å². The van der Waals surface area contributed by atoms with Gasteiger partial charge in [-0.15, -0.1) is 0 Å². The number of fused-ring (bicyclic) bond motifs is 2. The number of benzene rings is 2. The van der Waals surface area contributed by atoms with E-state index in [1.807, 2.05) is 24.9 Å². The fraction of sp³-hybridized carbons (Fsp3) is 0.438. The number of hydrogen-bond donors (Lipinski definition) is 4. The van der Waals surface area contributed by atoms with Gasteiger partial charge in [-0.1, -0.05) is 12.1 Å². The maximum atomic E-state index is 14.1. The minimum Gasteiger partial charge on any atom is -0.488 e. The van der Waals surface area contributed by atoms with Gasteiger partial charge in [0.1, 0.15) is 17.7 Å². The molecule has 238 valence electrons. The van der Waals surface area contributed by atoms with E-state index in [9.17, 15) is 18.0 Å². The molecule has 1 saturated carbocycles. The van der Waals surface area contributed by atoms with E-state index < -0.39 is 17.8 Å². The van der Waals surface area contributed by atoms with Gasteiger partial charge in [0.25, 0.3) is 0 Å². The highest BCUT2D eigenvalue weighted by Crippen LogP contribution is 2.48. The summed E-state index contributed by atoms with van der Waals surface area (Å²) in [4.78, 5) is 24.2. The summed E-state index contributed by atoms with van der Waals surface area (Å²) < 4.78 is 48.4. The molecule has 1 saturated heterocycles. The number of nitrogens with one attached hydrogen (secondary N) is 3. The molecule has 2 unspecified atom stereocenters. The van der Waals surface area contributed by atoms with Crippen molar-refractivity contribution in [1.29, 1.82) is 0 Å². The number of carbonyl (C=O) groups excluding carboxylic acids is 1. The number of urea groups is 1. The molecule has 2 aromatic rings. The van der Waals surface area contributed by atoms with E-state index in [0.717, 1.165) is 54.3 Å². The van der Waals surface area contributed by atoms with Gasteiger partial charge < -0.3 is 36.2 Å². The Kier molecular flexibility index (Phi) is 7.40. The summed E-state index contributed by atoms with van der Waals surface area (Å²) in [5, 5.41) is 8.43. The zero-order valence-electron chi connectivity index (χ0n) is 25.2. The number of piperazine rings is 1. The Morgan fingerprint density at radius 2 is 1.91 bits per heavy atom. The standard InChI is InChI=1S/C32H37F3N8O2/c1-18-13-23-22(24-16-43(21-5-6-21)30-27(24)29(36)37-17-38-30)7-8-26(28(23)45-18)40-31(44)39-20-4-3-19(25(14-20)32(33,34)35)15-42-11-9-41(2)10-12-42/h3-4,7-8,14,16-18,21,30H,5-6,9-13,15,36H2,1-2H3,(H,37,38)(H2,39,40,44). The van der Waals surface area contributed by atoms with E-state index in [4.69, 9.17) is 10.5 Å². The second-order valence-electron chi connectivity index (χ2n) is 12.5. The second kappa shape index (κ2) is 11.3. The van der Waals surface area contributed by atoms with Crippen LogP contribution in [-0.2, 0) is 19.1 Å². The second-order valence-corrected chi connectivity index (χ2v) is 12.5. The van der Waals surface area contributed by atoms with Crippen LogP contribution in [0.3, 0.4) is 0 Å². The Labute approximate surface area is 259 Å². The third-order valence-corrected chi connectivity index (χ3v) is 9.08. The van der Waals surface area contributed by atoms with E-state index in [1.165, 1.54) is 12.1 Å². The van der Waals surface area contributed by atoms with Crippen LogP contribution in [0, 0.1) is 0 Å². The Balaban J connectivity index is 1.11. The van der Waals surface area contributed by atoms with Gasteiger partial charge in [-0.2, -0.15) is 13.2 Å². The predicted octanol–water partition coefficient (Wildman–Crippen LogP) is 4.37. The van der Waals surface area contributed by atoms with Crippen molar-refractivity contribution < 1.29 is 22.7 Å². The van der Waals surface area contributed by atoms with Crippen molar-refractivity contribution in [3.8, 4) is 5.75 Å². The van der Waals surface area contributed by atoms with Crippen molar-refractivity contribution in [2.45, 2.75) is 57.2 Å². The molecule has 7 rings (SSSR count). The molecule has 0 bridgehead atoms. The smallest absolute Gasteiger partial charge is 0.416 e. The zero-order chi connectivity index (χ0) is 31.5. The number of amides is 2. The number of alkyl halides is 3. The third-order valence-electron chi connectivity index (χ3n) is 9.08. The fourth-order valence-electron chi connectivity index (χ4n) is 6.59. The van der Waals surface area contributed by atoms with Crippen molar-refractivity contribution in [3.63, 3.8) is 0 Å². The monoisotopic (exact) mass is 622 g/mol. The number of rotatable bonds is 6. The lowest BCUT2D eigenvalue weighted by Crippen LogP contribution is -2.44. The molecule has 13 heteroatoms. The highest BCUT2D eigenvalue weighted by Gasteiger charge is 2.42. The molecule has 2 atom stereocenters. The number of nitrogens with zero attached hydrogens (tertiary/aromatic N) is 4. The highest BCUT2D eigenvalue weighted by molar-refractivity contribution is 6.01. The van der Waals surface area contributed by atoms with Gasteiger partial charge in [0.2, 0.25) is 0 Å². The average molecular weight is 623 g/mol. The lowest BCUT2D eigenvalue weighted by molar-refractivity contribution is -0.138. The number of carbonyl (C=O) groups is 1. The van der Waals surface area contributed by atoms with Gasteiger partial charge in [-0.3, -0.25) is 4.90 Å². The summed E-state index contributed by atoms with van der Waals surface area (Å²) in [6, 6.07) is 7.43. The number of nitrogens with two attached hydrogens (primary N) is 1. The summed E-state index contributed by atoms with van der Waals surface area (Å²) in [6.45, 7) is 5.17. The molecular formula is C32H37F3N8O2. The minimum atomic E-state index is -4.56. The third kappa shape index (κ3) is 5.82. The molecule has 1 aliphatic carbocycles. The molecule has 5 aliphatic rings. The van der Waals surface area contributed by atoms with Gasteiger partial charge in [0, 0.05) is 73.8 Å². The van der Waals surface area contributed by atoms with Crippen LogP contribution >= 0.6 is 0 Å². The topological polar surface area (TPSA) is 110 Å². The molecule has 4 aliphatic heterocycles. The van der Waals surface area contributed by atoms with Crippen LogP contribution in [0.2, 0.25) is 0 Å². The van der Waals surface area contributed by atoms with Crippen molar-refractivity contribution in [3.05, 3.63) is 70.2 Å². The Hall–Kier alpha value is -4.23. The summed E-state index contributed by atoms with van der Waals surface area (Å²) in [6.07, 6.45) is 1.74. The van der Waals surface area contributed by atoms with Crippen LogP contribution in [0.4, 0.5) is 29.3 Å². The van der Waals surface area contributed by atoms with Gasteiger partial charge in [-0.25, -0.2) is 9.79 Å². The largest absolute Gasteiger partial charge is 0.488 e. The average Bonchev–Trinajstić information content (AvgIpc) is 3.64. The molecular weight excluding hydrogens is 585 g/mol. The highest BCUT2D eigenvalue weighted by atomic mass is 19.4. The SMILES string of the molecule is CC1Cc2c(C3=CN(C4CC4)C4N=CNC(N)=C34)ccc(NC(=O)Nc3ccc(CN4CCN(C)CC4)c(C(F)(F)F)c3)c2O1. The lowest BCUT2D eigenvalue weighted by atomic mass is 9.92. The normalized spacial score (nSPS) is 23.3. The Bertz CT molecular complexity index is 1610. The number of ether oxygens (including phenoxy) is 1. The summed E-state index contributed by atoms with van der Waals surface area (Å²) in [7, 11) is 2.00. The first kappa shape index (κ1) is 29.5. The fourth-order valence-corrected chi connectivity index (χ4v) is 6.59.